The van der Waals surface area contributed by atoms with Crippen molar-refractivity contribution in [2.45, 2.75) is 31.5 Å². The van der Waals surface area contributed by atoms with E-state index in [4.69, 9.17) is 9.47 Å². The Bertz CT molecular complexity index is 221. The van der Waals surface area contributed by atoms with Gasteiger partial charge in [0.25, 0.3) is 0 Å². The van der Waals surface area contributed by atoms with Gasteiger partial charge in [-0.05, 0) is 44.7 Å². The van der Waals surface area contributed by atoms with Gasteiger partial charge in [-0.2, -0.15) is 0 Å². The van der Waals surface area contributed by atoms with Gasteiger partial charge in [-0.1, -0.05) is 0 Å². The molecule has 0 amide bonds. The zero-order valence-electron chi connectivity index (χ0n) is 8.82. The van der Waals surface area contributed by atoms with Crippen LogP contribution < -0.4 is 0 Å². The minimum absolute atomic E-state index is 0.405. The molecule has 3 rings (SSSR count). The molecule has 3 fully saturated rings. The van der Waals surface area contributed by atoms with Crippen molar-refractivity contribution >= 4 is 0 Å². The highest BCUT2D eigenvalue weighted by molar-refractivity contribution is 4.92. The van der Waals surface area contributed by atoms with E-state index in [0.717, 1.165) is 11.8 Å². The summed E-state index contributed by atoms with van der Waals surface area (Å²) in [6.45, 7) is 3.06. The van der Waals surface area contributed by atoms with E-state index >= 15 is 0 Å². The fraction of sp³-hybridized carbons (Fsp3) is 1.00. The number of hydrogen-bond acceptors (Lipinski definition) is 3. The maximum Gasteiger partial charge on any atom is 0.147 e. The zero-order valence-corrected chi connectivity index (χ0v) is 8.82. The second-order valence-electron chi connectivity index (χ2n) is 5.07. The lowest BCUT2D eigenvalue weighted by molar-refractivity contribution is 0.00632. The molecule has 1 aliphatic carbocycles. The molecule has 0 radical (unpaired) electrons. The summed E-state index contributed by atoms with van der Waals surface area (Å²) in [6.07, 6.45) is 4.64. The largest absolute Gasteiger partial charge is 0.349 e. The lowest BCUT2D eigenvalue weighted by Crippen LogP contribution is -2.46. The predicted molar refractivity (Wildman–Crippen MR) is 52.9 cm³/mol. The summed E-state index contributed by atoms with van der Waals surface area (Å²) in [5.41, 5.74) is 0. The molecule has 0 aromatic rings. The third kappa shape index (κ3) is 1.47. The molecule has 4 unspecified atom stereocenters. The summed E-state index contributed by atoms with van der Waals surface area (Å²) in [7, 11) is 2.23. The lowest BCUT2D eigenvalue weighted by Gasteiger charge is -2.42. The van der Waals surface area contributed by atoms with Crippen molar-refractivity contribution < 1.29 is 9.47 Å². The Labute approximate surface area is 85.4 Å². The van der Waals surface area contributed by atoms with Gasteiger partial charge in [0.05, 0.1) is 12.2 Å². The van der Waals surface area contributed by atoms with Crippen LogP contribution in [0, 0.1) is 11.8 Å². The summed E-state index contributed by atoms with van der Waals surface area (Å²) in [5.74, 6) is 1.76. The topological polar surface area (TPSA) is 21.7 Å². The molecule has 14 heavy (non-hydrogen) atoms. The summed E-state index contributed by atoms with van der Waals surface area (Å²) < 4.78 is 11.2. The van der Waals surface area contributed by atoms with Gasteiger partial charge in [0.1, 0.15) is 6.79 Å². The predicted octanol–water partition coefficient (Wildman–Crippen LogP) is 1.09. The molecule has 0 bridgehead atoms. The molecule has 2 saturated heterocycles. The molecule has 2 heterocycles. The lowest BCUT2D eigenvalue weighted by atomic mass is 9.73. The van der Waals surface area contributed by atoms with E-state index in [-0.39, 0.29) is 0 Å². The van der Waals surface area contributed by atoms with Crippen molar-refractivity contribution in [2.75, 3.05) is 26.9 Å². The van der Waals surface area contributed by atoms with Crippen molar-refractivity contribution in [3.8, 4) is 0 Å². The Kier molecular flexibility index (Phi) is 2.26. The van der Waals surface area contributed by atoms with Crippen LogP contribution in [0.15, 0.2) is 0 Å². The van der Waals surface area contributed by atoms with Gasteiger partial charge in [0.15, 0.2) is 0 Å². The van der Waals surface area contributed by atoms with Gasteiger partial charge in [-0.25, -0.2) is 0 Å². The van der Waals surface area contributed by atoms with Crippen LogP contribution >= 0.6 is 0 Å². The normalized spacial score (nSPS) is 48.6. The average molecular weight is 197 g/mol. The van der Waals surface area contributed by atoms with Crippen molar-refractivity contribution in [1.82, 2.24) is 4.90 Å². The standard InChI is InChI=1S/C11H19NO2/c1-12-3-2-8-4-10-11(14-7-13-10)5-9(8)6-12/h8-11H,2-7H2,1H3. The van der Waals surface area contributed by atoms with Crippen molar-refractivity contribution in [2.24, 2.45) is 11.8 Å². The molecule has 1 saturated carbocycles. The van der Waals surface area contributed by atoms with Crippen molar-refractivity contribution in [3.05, 3.63) is 0 Å². The Hall–Kier alpha value is -0.120. The maximum atomic E-state index is 5.60. The van der Waals surface area contributed by atoms with Crippen LogP contribution in [0.5, 0.6) is 0 Å². The van der Waals surface area contributed by atoms with Crippen LogP contribution in [0.25, 0.3) is 0 Å². The number of piperidine rings is 1. The molecule has 3 nitrogen and oxygen atoms in total. The molecule has 4 atom stereocenters. The monoisotopic (exact) mass is 197 g/mol. The molecule has 0 aromatic heterocycles. The van der Waals surface area contributed by atoms with Crippen LogP contribution in [0.3, 0.4) is 0 Å². The van der Waals surface area contributed by atoms with Crippen molar-refractivity contribution in [3.63, 3.8) is 0 Å². The Morgan fingerprint density at radius 3 is 2.57 bits per heavy atom. The van der Waals surface area contributed by atoms with Crippen LogP contribution in [-0.4, -0.2) is 44.0 Å². The smallest absolute Gasteiger partial charge is 0.147 e. The third-order valence-electron chi connectivity index (χ3n) is 4.14. The first-order chi connectivity index (χ1) is 6.83. The molecule has 2 aliphatic heterocycles. The first-order valence-corrected chi connectivity index (χ1v) is 5.74. The van der Waals surface area contributed by atoms with Crippen LogP contribution in [-0.2, 0) is 9.47 Å². The van der Waals surface area contributed by atoms with Gasteiger partial charge in [-0.3, -0.25) is 0 Å². The zero-order chi connectivity index (χ0) is 9.54. The van der Waals surface area contributed by atoms with E-state index in [0.29, 0.717) is 19.0 Å². The fourth-order valence-electron chi connectivity index (χ4n) is 3.31. The molecule has 0 aromatic carbocycles. The van der Waals surface area contributed by atoms with E-state index in [1.807, 2.05) is 0 Å². The van der Waals surface area contributed by atoms with E-state index in [2.05, 4.69) is 11.9 Å². The molecule has 3 heteroatoms. The molecular weight excluding hydrogens is 178 g/mol. The van der Waals surface area contributed by atoms with Gasteiger partial charge < -0.3 is 14.4 Å². The highest BCUT2D eigenvalue weighted by Crippen LogP contribution is 2.40. The second kappa shape index (κ2) is 3.47. The summed E-state index contributed by atoms with van der Waals surface area (Å²) >= 11 is 0. The number of fused-ring (bicyclic) bond motifs is 2. The number of likely N-dealkylation sites (tertiary alicyclic amines) is 1. The number of hydrogen-bond donors (Lipinski definition) is 0. The number of nitrogens with zero attached hydrogens (tertiary/aromatic N) is 1. The Morgan fingerprint density at radius 2 is 1.79 bits per heavy atom. The quantitative estimate of drug-likeness (QED) is 0.580. The summed E-state index contributed by atoms with van der Waals surface area (Å²) in [4.78, 5) is 2.46. The number of rotatable bonds is 0. The molecule has 0 N–H and O–H groups in total. The van der Waals surface area contributed by atoms with Crippen LogP contribution in [0.1, 0.15) is 19.3 Å². The Morgan fingerprint density at radius 1 is 1.07 bits per heavy atom. The van der Waals surface area contributed by atoms with E-state index in [9.17, 15) is 0 Å². The van der Waals surface area contributed by atoms with E-state index < -0.39 is 0 Å². The summed E-state index contributed by atoms with van der Waals surface area (Å²) in [6, 6.07) is 0. The van der Waals surface area contributed by atoms with Crippen LogP contribution in [0.2, 0.25) is 0 Å². The van der Waals surface area contributed by atoms with Crippen LogP contribution in [0.4, 0.5) is 0 Å². The average Bonchev–Trinajstić information content (AvgIpc) is 2.61. The van der Waals surface area contributed by atoms with Gasteiger partial charge in [-0.15, -0.1) is 0 Å². The first-order valence-electron chi connectivity index (χ1n) is 5.74. The molecule has 80 valence electrons. The SMILES string of the molecule is CN1CCC2CC3OCOC3CC2C1. The highest BCUT2D eigenvalue weighted by atomic mass is 16.7. The highest BCUT2D eigenvalue weighted by Gasteiger charge is 2.42. The minimum atomic E-state index is 0.405. The molecular formula is C11H19NO2. The van der Waals surface area contributed by atoms with Gasteiger partial charge in [0, 0.05) is 6.54 Å². The van der Waals surface area contributed by atoms with E-state index in [1.165, 1.54) is 32.4 Å². The Balaban J connectivity index is 1.70. The van der Waals surface area contributed by atoms with E-state index in [1.54, 1.807) is 0 Å². The third-order valence-corrected chi connectivity index (χ3v) is 4.14. The van der Waals surface area contributed by atoms with Gasteiger partial charge >= 0.3 is 0 Å². The molecule has 0 spiro atoms. The van der Waals surface area contributed by atoms with Gasteiger partial charge in [0.2, 0.25) is 0 Å². The first kappa shape index (κ1) is 9.13. The van der Waals surface area contributed by atoms with Crippen molar-refractivity contribution in [1.29, 1.82) is 0 Å². The molecule has 3 aliphatic rings. The maximum absolute atomic E-state index is 5.60. The summed E-state index contributed by atoms with van der Waals surface area (Å²) in [5, 5.41) is 0. The number of ether oxygens (including phenoxy) is 2. The second-order valence-corrected chi connectivity index (χ2v) is 5.07. The fourth-order valence-corrected chi connectivity index (χ4v) is 3.31. The minimum Gasteiger partial charge on any atom is -0.349 e.